The lowest BCUT2D eigenvalue weighted by atomic mass is 9.89. The van der Waals surface area contributed by atoms with Crippen molar-refractivity contribution in [2.45, 2.75) is 46.3 Å². The zero-order valence-electron chi connectivity index (χ0n) is 15.6. The summed E-state index contributed by atoms with van der Waals surface area (Å²) in [5.41, 5.74) is 4.06. The summed E-state index contributed by atoms with van der Waals surface area (Å²) in [4.78, 5) is 36.6. The number of nitrogens with zero attached hydrogens (tertiary/aromatic N) is 2. The number of para-hydroxylation sites is 2. The van der Waals surface area contributed by atoms with E-state index < -0.39 is 28.6 Å². The van der Waals surface area contributed by atoms with Crippen LogP contribution in [0.25, 0.3) is 11.0 Å². The van der Waals surface area contributed by atoms with Gasteiger partial charge in [0.25, 0.3) is 0 Å². The number of primary amides is 1. The largest absolute Gasteiger partial charge is 0.389 e. The zero-order chi connectivity index (χ0) is 19.7. The molecule has 8 heteroatoms. The van der Waals surface area contributed by atoms with Crippen LogP contribution < -0.4 is 16.7 Å². The lowest BCUT2D eigenvalue weighted by Crippen LogP contribution is -2.42. The van der Waals surface area contributed by atoms with Crippen LogP contribution in [-0.4, -0.2) is 38.3 Å². The van der Waals surface area contributed by atoms with Crippen LogP contribution in [-0.2, 0) is 11.3 Å². The van der Waals surface area contributed by atoms with E-state index in [0.717, 1.165) is 4.57 Å². The van der Waals surface area contributed by atoms with Gasteiger partial charge >= 0.3 is 11.7 Å². The first-order valence-corrected chi connectivity index (χ1v) is 8.40. The van der Waals surface area contributed by atoms with Gasteiger partial charge in [0.15, 0.2) is 0 Å². The molecule has 1 heterocycles. The topological polar surface area (TPSA) is 119 Å². The fraction of sp³-hybridized carbons (Fsp3) is 0.500. The van der Waals surface area contributed by atoms with E-state index in [2.05, 4.69) is 5.32 Å². The fourth-order valence-electron chi connectivity index (χ4n) is 2.87. The Bertz CT molecular complexity index is 887. The second-order valence-corrected chi connectivity index (χ2v) is 7.97. The molecule has 0 bridgehead atoms. The van der Waals surface area contributed by atoms with Crippen LogP contribution in [0.5, 0.6) is 0 Å². The Kier molecular flexibility index (Phi) is 5.27. The number of aliphatic hydroxyl groups is 1. The van der Waals surface area contributed by atoms with E-state index >= 15 is 0 Å². The maximum absolute atomic E-state index is 12.8. The molecule has 0 atom stereocenters. The Balaban J connectivity index is 2.37. The van der Waals surface area contributed by atoms with E-state index in [4.69, 9.17) is 5.73 Å². The fourth-order valence-corrected chi connectivity index (χ4v) is 2.87. The molecule has 2 aromatic rings. The predicted octanol–water partition coefficient (Wildman–Crippen LogP) is 1.03. The molecule has 2 amide bonds. The first kappa shape index (κ1) is 19.7. The number of hydrogen-bond donors (Lipinski definition) is 3. The quantitative estimate of drug-likeness (QED) is 0.711. The summed E-state index contributed by atoms with van der Waals surface area (Å²) in [7, 11) is 0. The number of benzene rings is 1. The summed E-state index contributed by atoms with van der Waals surface area (Å²) in [5, 5.41) is 12.8. The monoisotopic (exact) mass is 362 g/mol. The highest BCUT2D eigenvalue weighted by Crippen LogP contribution is 2.19. The molecule has 0 aliphatic rings. The molecule has 0 aliphatic carbocycles. The molecule has 4 N–H and O–H groups in total. The molecule has 0 saturated heterocycles. The van der Waals surface area contributed by atoms with Gasteiger partial charge in [-0.15, -0.1) is 0 Å². The lowest BCUT2D eigenvalue weighted by molar-refractivity contribution is -0.119. The van der Waals surface area contributed by atoms with E-state index in [1.54, 1.807) is 52.0 Å². The van der Waals surface area contributed by atoms with Crippen LogP contribution in [0.4, 0.5) is 4.79 Å². The number of nitrogens with one attached hydrogen (secondary N) is 1. The number of rotatable bonds is 6. The number of fused-ring (bicyclic) bond motifs is 1. The third kappa shape index (κ3) is 4.51. The highest BCUT2D eigenvalue weighted by molar-refractivity contribution is 5.89. The Morgan fingerprint density at radius 2 is 1.73 bits per heavy atom. The van der Waals surface area contributed by atoms with Gasteiger partial charge in [0.05, 0.1) is 23.2 Å². The molecule has 0 spiro atoms. The summed E-state index contributed by atoms with van der Waals surface area (Å²) < 4.78 is 2.42. The van der Waals surface area contributed by atoms with Crippen molar-refractivity contribution in [1.29, 1.82) is 0 Å². The van der Waals surface area contributed by atoms with E-state index in [-0.39, 0.29) is 19.5 Å². The van der Waals surface area contributed by atoms with Crippen LogP contribution in [0.2, 0.25) is 0 Å². The SMILES string of the molecule is CC(C)(O)Cn1c(=O)n(C(=O)NCC(C)(C)CC(N)=O)c2ccccc21. The van der Waals surface area contributed by atoms with Crippen molar-refractivity contribution in [3.63, 3.8) is 0 Å². The minimum Gasteiger partial charge on any atom is -0.389 e. The van der Waals surface area contributed by atoms with Crippen molar-refractivity contribution in [1.82, 2.24) is 14.5 Å². The molecule has 142 valence electrons. The summed E-state index contributed by atoms with van der Waals surface area (Å²) in [6.07, 6.45) is 0.114. The van der Waals surface area contributed by atoms with Crippen LogP contribution in [0.15, 0.2) is 29.1 Å². The molecule has 2 rings (SSSR count). The predicted molar refractivity (Wildman–Crippen MR) is 98.9 cm³/mol. The van der Waals surface area contributed by atoms with E-state index in [9.17, 15) is 19.5 Å². The number of amides is 2. The standard InChI is InChI=1S/C18H26N4O4/c1-17(2,9-14(19)23)10-20-15(24)22-13-8-6-5-7-12(13)21(16(22)25)11-18(3,4)26/h5-8,26H,9-11H2,1-4H3,(H2,19,23)(H,20,24). The second kappa shape index (κ2) is 6.95. The highest BCUT2D eigenvalue weighted by Gasteiger charge is 2.25. The van der Waals surface area contributed by atoms with Gasteiger partial charge < -0.3 is 16.2 Å². The van der Waals surface area contributed by atoms with Gasteiger partial charge in [-0.2, -0.15) is 0 Å². The van der Waals surface area contributed by atoms with Crippen LogP contribution in [0.1, 0.15) is 34.1 Å². The minimum atomic E-state index is -1.11. The Labute approximate surface area is 151 Å². The summed E-state index contributed by atoms with van der Waals surface area (Å²) in [6, 6.07) is 6.31. The van der Waals surface area contributed by atoms with Crippen molar-refractivity contribution >= 4 is 23.0 Å². The summed E-state index contributed by atoms with van der Waals surface area (Å²) >= 11 is 0. The van der Waals surface area contributed by atoms with Gasteiger partial charge in [-0.3, -0.25) is 9.36 Å². The average Bonchev–Trinajstić information content (AvgIpc) is 2.75. The number of carbonyl (C=O) groups is 2. The van der Waals surface area contributed by atoms with E-state index in [1.807, 2.05) is 0 Å². The molecule has 0 unspecified atom stereocenters. The van der Waals surface area contributed by atoms with Gasteiger partial charge in [0, 0.05) is 13.0 Å². The van der Waals surface area contributed by atoms with Crippen molar-refractivity contribution < 1.29 is 14.7 Å². The first-order valence-electron chi connectivity index (χ1n) is 8.40. The molecule has 0 fully saturated rings. The van der Waals surface area contributed by atoms with Crippen molar-refractivity contribution in [2.24, 2.45) is 11.1 Å². The third-order valence-corrected chi connectivity index (χ3v) is 3.95. The van der Waals surface area contributed by atoms with Gasteiger partial charge in [-0.25, -0.2) is 14.2 Å². The lowest BCUT2D eigenvalue weighted by Gasteiger charge is -2.23. The maximum Gasteiger partial charge on any atom is 0.337 e. The van der Waals surface area contributed by atoms with Crippen molar-refractivity contribution in [3.8, 4) is 0 Å². The highest BCUT2D eigenvalue weighted by atomic mass is 16.3. The average molecular weight is 362 g/mol. The van der Waals surface area contributed by atoms with Crippen LogP contribution in [0, 0.1) is 5.41 Å². The van der Waals surface area contributed by atoms with Crippen LogP contribution in [0.3, 0.4) is 0 Å². The van der Waals surface area contributed by atoms with Crippen molar-refractivity contribution in [3.05, 3.63) is 34.7 Å². The normalized spacial score (nSPS) is 12.3. The molecular formula is C18H26N4O4. The number of imidazole rings is 1. The molecule has 1 aromatic heterocycles. The second-order valence-electron chi connectivity index (χ2n) is 7.97. The zero-order valence-corrected chi connectivity index (χ0v) is 15.6. The number of aromatic nitrogens is 2. The molecule has 0 radical (unpaired) electrons. The Morgan fingerprint density at radius 1 is 1.15 bits per heavy atom. The molecule has 26 heavy (non-hydrogen) atoms. The van der Waals surface area contributed by atoms with Crippen molar-refractivity contribution in [2.75, 3.05) is 6.54 Å². The maximum atomic E-state index is 12.8. The summed E-state index contributed by atoms with van der Waals surface area (Å²) in [5.74, 6) is -0.455. The Morgan fingerprint density at radius 3 is 2.27 bits per heavy atom. The minimum absolute atomic E-state index is 0.0554. The molecular weight excluding hydrogens is 336 g/mol. The molecule has 8 nitrogen and oxygen atoms in total. The number of nitrogens with two attached hydrogens (primary N) is 1. The van der Waals surface area contributed by atoms with Gasteiger partial charge in [-0.05, 0) is 31.4 Å². The third-order valence-electron chi connectivity index (χ3n) is 3.95. The number of hydrogen-bond acceptors (Lipinski definition) is 4. The number of carbonyl (C=O) groups excluding carboxylic acids is 2. The van der Waals surface area contributed by atoms with E-state index in [0.29, 0.717) is 11.0 Å². The van der Waals surface area contributed by atoms with Gasteiger partial charge in [0.2, 0.25) is 5.91 Å². The van der Waals surface area contributed by atoms with Crippen LogP contribution >= 0.6 is 0 Å². The van der Waals surface area contributed by atoms with Gasteiger partial charge in [-0.1, -0.05) is 26.0 Å². The van der Waals surface area contributed by atoms with E-state index in [1.165, 1.54) is 4.57 Å². The van der Waals surface area contributed by atoms with Gasteiger partial charge in [0.1, 0.15) is 0 Å². The smallest absolute Gasteiger partial charge is 0.337 e. The molecule has 0 aliphatic heterocycles. The molecule has 1 aromatic carbocycles. The Hall–Kier alpha value is -2.61. The summed E-state index contributed by atoms with van der Waals surface area (Å²) in [6.45, 7) is 7.04. The first-order chi connectivity index (χ1) is 11.9. The molecule has 0 saturated carbocycles.